The van der Waals surface area contributed by atoms with Gasteiger partial charge in [0.05, 0.1) is 48.2 Å². The average Bonchev–Trinajstić information content (AvgIpc) is 3.72. The van der Waals surface area contributed by atoms with Crippen LogP contribution < -0.4 is 25.6 Å². The van der Waals surface area contributed by atoms with Crippen molar-refractivity contribution in [2.75, 3.05) is 42.7 Å². The molecule has 1 aliphatic heterocycles. The normalized spacial score (nSPS) is 16.7. The van der Waals surface area contributed by atoms with Crippen molar-refractivity contribution in [3.8, 4) is 17.1 Å². The lowest BCUT2D eigenvalue weighted by Crippen LogP contribution is -2.50. The second kappa shape index (κ2) is 9.74. The van der Waals surface area contributed by atoms with Crippen molar-refractivity contribution in [1.82, 2.24) is 25.5 Å². The quantitative estimate of drug-likeness (QED) is 0.363. The van der Waals surface area contributed by atoms with Crippen molar-refractivity contribution in [2.24, 2.45) is 5.92 Å². The highest BCUT2D eigenvalue weighted by atomic mass is 16.5. The number of nitrogens with one attached hydrogen (secondary N) is 3. The highest BCUT2D eigenvalue weighted by molar-refractivity contribution is 6.00. The van der Waals surface area contributed by atoms with E-state index >= 15 is 0 Å². The van der Waals surface area contributed by atoms with Gasteiger partial charge in [0.2, 0.25) is 5.91 Å². The van der Waals surface area contributed by atoms with Gasteiger partial charge in [-0.15, -0.1) is 10.2 Å². The number of amides is 2. The number of benzene rings is 1. The fraction of sp³-hybridized carbons (Fsp3) is 0.333. The number of aliphatic hydroxyl groups excluding tert-OH is 1. The molecule has 1 aliphatic carbocycles. The maximum absolute atomic E-state index is 12.7. The first-order valence-electron chi connectivity index (χ1n) is 12.8. The van der Waals surface area contributed by atoms with Crippen LogP contribution in [-0.4, -0.2) is 70.4 Å². The van der Waals surface area contributed by atoms with Crippen LogP contribution in [0.25, 0.3) is 11.4 Å². The lowest BCUT2D eigenvalue weighted by Gasteiger charge is -2.37. The third-order valence-electron chi connectivity index (χ3n) is 5.92. The standard InChI is InChI=1S/C24H26N8O4/c1-25-24(35)20-18(8-19(30-31-20)29-23(34)13-6-7-13)28-17-5-3-4-16(21(17)36-2)22-26-9-14(10-27-22)32-11-15(33)12-32/h3-5,8-10,13,15,33H,6-7,11-12H2,1-2H3,(H,25,35)(H2,28,29,30,34)/i1D3. The number of anilines is 4. The zero-order valence-electron chi connectivity index (χ0n) is 22.4. The van der Waals surface area contributed by atoms with Crippen LogP contribution in [0.2, 0.25) is 0 Å². The number of rotatable bonds is 8. The molecule has 0 atom stereocenters. The van der Waals surface area contributed by atoms with Gasteiger partial charge in [-0.2, -0.15) is 0 Å². The van der Waals surface area contributed by atoms with E-state index in [-0.39, 0.29) is 35.1 Å². The minimum Gasteiger partial charge on any atom is -0.494 e. The summed E-state index contributed by atoms with van der Waals surface area (Å²) in [5, 5.41) is 25.0. The van der Waals surface area contributed by atoms with Crippen LogP contribution in [0.5, 0.6) is 5.75 Å². The van der Waals surface area contributed by atoms with Gasteiger partial charge < -0.3 is 30.7 Å². The summed E-state index contributed by atoms with van der Waals surface area (Å²) >= 11 is 0. The number of hydrogen-bond acceptors (Lipinski definition) is 10. The highest BCUT2D eigenvalue weighted by Crippen LogP contribution is 2.37. The van der Waals surface area contributed by atoms with Crippen LogP contribution in [0.15, 0.2) is 36.7 Å². The summed E-state index contributed by atoms with van der Waals surface area (Å²) in [5.41, 5.74) is 1.55. The molecule has 1 aromatic carbocycles. The van der Waals surface area contributed by atoms with E-state index in [4.69, 9.17) is 8.85 Å². The van der Waals surface area contributed by atoms with E-state index in [9.17, 15) is 14.7 Å². The van der Waals surface area contributed by atoms with Crippen LogP contribution in [0.4, 0.5) is 22.9 Å². The van der Waals surface area contributed by atoms with Crippen LogP contribution in [-0.2, 0) is 4.79 Å². The molecule has 2 fully saturated rings. The molecule has 2 aliphatic rings. The Kier molecular flexibility index (Phi) is 5.39. The van der Waals surface area contributed by atoms with Crippen molar-refractivity contribution in [3.63, 3.8) is 0 Å². The molecule has 2 aromatic heterocycles. The van der Waals surface area contributed by atoms with Gasteiger partial charge in [0.15, 0.2) is 23.1 Å². The van der Waals surface area contributed by atoms with Gasteiger partial charge in [-0.05, 0) is 25.0 Å². The molecular weight excluding hydrogens is 464 g/mol. The zero-order chi connectivity index (χ0) is 27.7. The first-order chi connectivity index (χ1) is 18.6. The molecule has 1 saturated carbocycles. The van der Waals surface area contributed by atoms with E-state index in [1.165, 1.54) is 13.2 Å². The third-order valence-corrected chi connectivity index (χ3v) is 5.92. The zero-order valence-corrected chi connectivity index (χ0v) is 19.4. The predicted octanol–water partition coefficient (Wildman–Crippen LogP) is 1.57. The number of para-hydroxylation sites is 1. The molecule has 0 spiro atoms. The number of carbonyl (C=O) groups excluding carboxylic acids is 2. The molecule has 12 heteroatoms. The number of carbonyl (C=O) groups is 2. The van der Waals surface area contributed by atoms with E-state index in [0.717, 1.165) is 18.5 Å². The Balaban J connectivity index is 1.46. The summed E-state index contributed by atoms with van der Waals surface area (Å²) in [5.74, 6) is -0.433. The number of methoxy groups -OCH3 is 1. The molecule has 2 amide bonds. The number of nitrogens with zero attached hydrogens (tertiary/aromatic N) is 5. The SMILES string of the molecule is [2H]C([2H])([2H])NC(=O)c1nnc(NC(=O)C2CC2)cc1Nc1cccc(-c2ncc(N3CC(O)C3)cn2)c1OC. The van der Waals surface area contributed by atoms with Crippen molar-refractivity contribution in [3.05, 3.63) is 42.4 Å². The fourth-order valence-corrected chi connectivity index (χ4v) is 3.82. The monoisotopic (exact) mass is 493 g/mol. The van der Waals surface area contributed by atoms with Crippen LogP contribution in [0.3, 0.4) is 0 Å². The average molecular weight is 494 g/mol. The molecule has 36 heavy (non-hydrogen) atoms. The number of β-amino-alcohol motifs (C(OH)–C–C–N with tert-alkyl or cyclic N) is 1. The predicted molar refractivity (Wildman–Crippen MR) is 132 cm³/mol. The van der Waals surface area contributed by atoms with Crippen molar-refractivity contribution >= 4 is 34.7 Å². The fourth-order valence-electron chi connectivity index (χ4n) is 3.82. The molecule has 12 nitrogen and oxygen atoms in total. The largest absolute Gasteiger partial charge is 0.494 e. The van der Waals surface area contributed by atoms with Crippen LogP contribution in [0.1, 0.15) is 27.4 Å². The van der Waals surface area contributed by atoms with Crippen molar-refractivity contribution < 1.29 is 23.5 Å². The van der Waals surface area contributed by atoms with Crippen molar-refractivity contribution in [1.29, 1.82) is 0 Å². The molecule has 3 heterocycles. The van der Waals surface area contributed by atoms with Crippen LogP contribution in [0, 0.1) is 5.92 Å². The minimum absolute atomic E-state index is 0.0870. The van der Waals surface area contributed by atoms with Crippen molar-refractivity contribution in [2.45, 2.75) is 18.9 Å². The van der Waals surface area contributed by atoms with E-state index in [0.29, 0.717) is 35.9 Å². The van der Waals surface area contributed by atoms with Gasteiger partial charge in [-0.1, -0.05) is 6.07 Å². The Hall–Kier alpha value is -4.32. The van der Waals surface area contributed by atoms with Gasteiger partial charge in [-0.25, -0.2) is 9.97 Å². The summed E-state index contributed by atoms with van der Waals surface area (Å²) in [6, 6.07) is 6.59. The van der Waals surface area contributed by atoms with Gasteiger partial charge in [0, 0.05) is 36.2 Å². The first-order valence-corrected chi connectivity index (χ1v) is 11.3. The lowest BCUT2D eigenvalue weighted by molar-refractivity contribution is -0.117. The third kappa shape index (κ3) is 4.75. The Bertz CT molecular complexity index is 1390. The van der Waals surface area contributed by atoms with Gasteiger partial charge >= 0.3 is 0 Å². The minimum atomic E-state index is -2.75. The summed E-state index contributed by atoms with van der Waals surface area (Å²) in [4.78, 5) is 35.8. The molecule has 0 bridgehead atoms. The van der Waals surface area contributed by atoms with E-state index in [2.05, 4.69) is 30.8 Å². The summed E-state index contributed by atoms with van der Waals surface area (Å²) in [7, 11) is 1.47. The summed E-state index contributed by atoms with van der Waals surface area (Å²) in [6.45, 7) is -1.71. The topological polar surface area (TPSA) is 154 Å². The Morgan fingerprint density at radius 1 is 1.17 bits per heavy atom. The maximum Gasteiger partial charge on any atom is 0.273 e. The van der Waals surface area contributed by atoms with Gasteiger partial charge in [0.25, 0.3) is 5.91 Å². The van der Waals surface area contributed by atoms with Crippen LogP contribution >= 0.6 is 0 Å². The molecule has 4 N–H and O–H groups in total. The smallest absolute Gasteiger partial charge is 0.273 e. The summed E-state index contributed by atoms with van der Waals surface area (Å²) in [6.07, 6.45) is 4.54. The molecule has 5 rings (SSSR count). The number of hydrogen-bond donors (Lipinski definition) is 4. The van der Waals surface area contributed by atoms with E-state index in [1.807, 2.05) is 10.2 Å². The molecule has 1 saturated heterocycles. The second-order valence-electron chi connectivity index (χ2n) is 8.54. The molecule has 3 aromatic rings. The molecule has 0 unspecified atom stereocenters. The second-order valence-corrected chi connectivity index (χ2v) is 8.54. The first kappa shape index (κ1) is 19.9. The van der Waals surface area contributed by atoms with E-state index in [1.54, 1.807) is 30.6 Å². The number of ether oxygens (including phenoxy) is 1. The maximum atomic E-state index is 12.7. The summed E-state index contributed by atoms with van der Waals surface area (Å²) < 4.78 is 27.8. The number of aliphatic hydroxyl groups is 1. The van der Waals surface area contributed by atoms with Gasteiger partial charge in [-0.3, -0.25) is 9.59 Å². The molecule has 0 radical (unpaired) electrons. The Morgan fingerprint density at radius 3 is 2.61 bits per heavy atom. The van der Waals surface area contributed by atoms with E-state index < -0.39 is 12.9 Å². The number of aromatic nitrogens is 4. The highest BCUT2D eigenvalue weighted by Gasteiger charge is 2.30. The lowest BCUT2D eigenvalue weighted by atomic mass is 10.1. The Morgan fingerprint density at radius 2 is 1.94 bits per heavy atom. The molecule has 186 valence electrons. The molecular formula is C24H26N8O4. The Labute approximate surface area is 211 Å². The van der Waals surface area contributed by atoms with Gasteiger partial charge in [0.1, 0.15) is 0 Å².